The number of hydrogen-bond acceptors (Lipinski definition) is 5. The van der Waals surface area contributed by atoms with Crippen molar-refractivity contribution >= 4 is 5.78 Å². The van der Waals surface area contributed by atoms with Crippen LogP contribution in [-0.2, 0) is 0 Å². The summed E-state index contributed by atoms with van der Waals surface area (Å²) in [6.45, 7) is 6.65. The molecule has 1 aromatic rings. The lowest BCUT2D eigenvalue weighted by Crippen LogP contribution is -2.43. The molecule has 0 saturated carbocycles. The molecule has 0 aliphatic carbocycles. The number of hydrogen-bond donors (Lipinski definition) is 0. The van der Waals surface area contributed by atoms with E-state index >= 15 is 0 Å². The van der Waals surface area contributed by atoms with Crippen LogP contribution in [0.5, 0.6) is 5.75 Å². The maximum atomic E-state index is 12.8. The molecule has 1 aromatic heterocycles. The predicted molar refractivity (Wildman–Crippen MR) is 82.9 cm³/mol. The van der Waals surface area contributed by atoms with Crippen LogP contribution in [0.3, 0.4) is 0 Å². The van der Waals surface area contributed by atoms with E-state index in [-0.39, 0.29) is 17.9 Å². The van der Waals surface area contributed by atoms with Crippen molar-refractivity contribution in [3.8, 4) is 5.75 Å². The lowest BCUT2D eigenvalue weighted by Gasteiger charge is -2.26. The number of pyridine rings is 1. The second-order valence-electron chi connectivity index (χ2n) is 6.05. The van der Waals surface area contributed by atoms with Gasteiger partial charge in [-0.05, 0) is 53.5 Å². The first-order valence-corrected chi connectivity index (χ1v) is 7.52. The lowest BCUT2D eigenvalue weighted by atomic mass is 10.0. The number of nitrogens with zero attached hydrogens (tertiary/aromatic N) is 3. The largest absolute Gasteiger partial charge is 0.489 e. The molecule has 116 valence electrons. The van der Waals surface area contributed by atoms with E-state index in [2.05, 4.69) is 21.8 Å². The second-order valence-corrected chi connectivity index (χ2v) is 6.05. The smallest absolute Gasteiger partial charge is 0.182 e. The molecular weight excluding hydrogens is 266 g/mol. The third-order valence-electron chi connectivity index (χ3n) is 3.74. The molecular formula is C16H25N3O2. The summed E-state index contributed by atoms with van der Waals surface area (Å²) in [6.07, 6.45) is 4.45. The molecule has 0 spiro atoms. The molecule has 2 heterocycles. The van der Waals surface area contributed by atoms with Gasteiger partial charge in [0.15, 0.2) is 5.78 Å². The molecule has 0 radical (unpaired) electrons. The van der Waals surface area contributed by atoms with Gasteiger partial charge in [-0.15, -0.1) is 0 Å². The summed E-state index contributed by atoms with van der Waals surface area (Å²) in [5, 5.41) is 0. The van der Waals surface area contributed by atoms with Crippen LogP contribution in [-0.4, -0.2) is 66.4 Å². The van der Waals surface area contributed by atoms with Crippen molar-refractivity contribution in [2.45, 2.75) is 32.4 Å². The van der Waals surface area contributed by atoms with Crippen molar-refractivity contribution in [3.63, 3.8) is 0 Å². The Morgan fingerprint density at radius 3 is 2.81 bits per heavy atom. The van der Waals surface area contributed by atoms with Crippen molar-refractivity contribution in [2.24, 2.45) is 0 Å². The van der Waals surface area contributed by atoms with Gasteiger partial charge in [0.05, 0.1) is 18.3 Å². The van der Waals surface area contributed by atoms with Gasteiger partial charge in [0, 0.05) is 18.3 Å². The number of aromatic nitrogens is 1. The lowest BCUT2D eigenvalue weighted by molar-refractivity contribution is 0.0838. The van der Waals surface area contributed by atoms with E-state index in [1.54, 1.807) is 18.5 Å². The molecule has 1 unspecified atom stereocenters. The maximum absolute atomic E-state index is 12.8. The Balaban J connectivity index is 2.17. The minimum Gasteiger partial charge on any atom is -0.489 e. The van der Waals surface area contributed by atoms with Gasteiger partial charge in [-0.1, -0.05) is 0 Å². The number of carbonyl (C=O) groups is 1. The van der Waals surface area contributed by atoms with Crippen LogP contribution in [0, 0.1) is 0 Å². The van der Waals surface area contributed by atoms with Crippen LogP contribution in [0.25, 0.3) is 0 Å². The molecule has 21 heavy (non-hydrogen) atoms. The Kier molecular flexibility index (Phi) is 5.31. The third kappa shape index (κ3) is 4.25. The minimum atomic E-state index is -0.117. The van der Waals surface area contributed by atoms with Crippen molar-refractivity contribution in [2.75, 3.05) is 33.7 Å². The molecule has 1 saturated heterocycles. The fourth-order valence-corrected chi connectivity index (χ4v) is 2.64. The highest BCUT2D eigenvalue weighted by molar-refractivity contribution is 6.00. The average molecular weight is 291 g/mol. The first-order chi connectivity index (χ1) is 9.97. The first-order valence-electron chi connectivity index (χ1n) is 7.52. The van der Waals surface area contributed by atoms with Crippen molar-refractivity contribution < 1.29 is 9.53 Å². The van der Waals surface area contributed by atoms with E-state index in [0.29, 0.717) is 11.3 Å². The standard InChI is InChI=1S/C16H25N3O2/c1-12(2)21-14-8-13(9-17-10-14)16(20)15-11-18(3)6-5-7-19(15)4/h8-10,12,15H,5-7,11H2,1-4H3. The van der Waals surface area contributed by atoms with Gasteiger partial charge >= 0.3 is 0 Å². The van der Waals surface area contributed by atoms with Gasteiger partial charge in [0.25, 0.3) is 0 Å². The van der Waals surface area contributed by atoms with Crippen LogP contribution in [0.15, 0.2) is 18.5 Å². The molecule has 1 aliphatic rings. The second kappa shape index (κ2) is 7.00. The minimum absolute atomic E-state index is 0.0730. The Labute approximate surface area is 126 Å². The van der Waals surface area contributed by atoms with E-state index < -0.39 is 0 Å². The van der Waals surface area contributed by atoms with Gasteiger partial charge in [-0.3, -0.25) is 14.7 Å². The van der Waals surface area contributed by atoms with Gasteiger partial charge in [0.2, 0.25) is 0 Å². The van der Waals surface area contributed by atoms with Crippen LogP contribution >= 0.6 is 0 Å². The molecule has 0 N–H and O–H groups in total. The van der Waals surface area contributed by atoms with E-state index in [1.165, 1.54) is 0 Å². The van der Waals surface area contributed by atoms with E-state index in [0.717, 1.165) is 26.1 Å². The zero-order valence-corrected chi connectivity index (χ0v) is 13.4. The number of Topliss-reactive ketones (excluding diaryl/α,β-unsaturated/α-hetero) is 1. The zero-order valence-electron chi connectivity index (χ0n) is 13.4. The molecule has 0 bridgehead atoms. The zero-order chi connectivity index (χ0) is 15.4. The monoisotopic (exact) mass is 291 g/mol. The SMILES string of the molecule is CC(C)Oc1cncc(C(=O)C2CN(C)CCCN2C)c1. The number of carbonyl (C=O) groups excluding carboxylic acids is 1. The number of rotatable bonds is 4. The normalized spacial score (nSPS) is 21.3. The van der Waals surface area contributed by atoms with E-state index in [4.69, 9.17) is 4.74 Å². The topological polar surface area (TPSA) is 45.7 Å². The number of ketones is 1. The molecule has 0 amide bonds. The highest BCUT2D eigenvalue weighted by Crippen LogP contribution is 2.17. The highest BCUT2D eigenvalue weighted by atomic mass is 16.5. The Morgan fingerprint density at radius 2 is 2.10 bits per heavy atom. The van der Waals surface area contributed by atoms with Crippen molar-refractivity contribution in [3.05, 3.63) is 24.0 Å². The highest BCUT2D eigenvalue weighted by Gasteiger charge is 2.28. The summed E-state index contributed by atoms with van der Waals surface area (Å²) < 4.78 is 5.63. The summed E-state index contributed by atoms with van der Waals surface area (Å²) in [6, 6.07) is 1.68. The van der Waals surface area contributed by atoms with Gasteiger partial charge in [-0.2, -0.15) is 0 Å². The first kappa shape index (κ1) is 15.9. The Bertz CT molecular complexity index is 490. The summed E-state index contributed by atoms with van der Waals surface area (Å²) in [5.41, 5.74) is 0.625. The number of ether oxygens (including phenoxy) is 1. The molecule has 5 nitrogen and oxygen atoms in total. The van der Waals surface area contributed by atoms with Crippen LogP contribution < -0.4 is 4.74 Å². The Hall–Kier alpha value is -1.46. The third-order valence-corrected chi connectivity index (χ3v) is 3.74. The van der Waals surface area contributed by atoms with Gasteiger partial charge < -0.3 is 9.64 Å². The van der Waals surface area contributed by atoms with Crippen molar-refractivity contribution in [1.29, 1.82) is 0 Å². The molecule has 2 rings (SSSR count). The Morgan fingerprint density at radius 1 is 1.33 bits per heavy atom. The van der Waals surface area contributed by atoms with Crippen LogP contribution in [0.4, 0.5) is 0 Å². The van der Waals surface area contributed by atoms with Gasteiger partial charge in [0.1, 0.15) is 5.75 Å². The quantitative estimate of drug-likeness (QED) is 0.790. The fraction of sp³-hybridized carbons (Fsp3) is 0.625. The van der Waals surface area contributed by atoms with E-state index in [9.17, 15) is 4.79 Å². The molecule has 1 atom stereocenters. The molecule has 1 fully saturated rings. The predicted octanol–water partition coefficient (Wildman–Crippen LogP) is 1.69. The summed E-state index contributed by atoms with van der Waals surface area (Å²) >= 11 is 0. The molecule has 0 aromatic carbocycles. The fourth-order valence-electron chi connectivity index (χ4n) is 2.64. The van der Waals surface area contributed by atoms with Gasteiger partial charge in [-0.25, -0.2) is 0 Å². The summed E-state index contributed by atoms with van der Waals surface area (Å²) in [4.78, 5) is 21.3. The molecule has 1 aliphatic heterocycles. The van der Waals surface area contributed by atoms with Crippen LogP contribution in [0.1, 0.15) is 30.6 Å². The maximum Gasteiger partial charge on any atom is 0.182 e. The van der Waals surface area contributed by atoms with E-state index in [1.807, 2.05) is 20.9 Å². The summed E-state index contributed by atoms with van der Waals surface area (Å²) in [7, 11) is 4.08. The summed E-state index contributed by atoms with van der Waals surface area (Å²) in [5.74, 6) is 0.772. The number of likely N-dealkylation sites (N-methyl/N-ethyl adjacent to an activating group) is 2. The average Bonchev–Trinajstić information content (AvgIpc) is 2.59. The molecule has 5 heteroatoms. The van der Waals surface area contributed by atoms with Crippen LogP contribution in [0.2, 0.25) is 0 Å². The van der Waals surface area contributed by atoms with Crippen molar-refractivity contribution in [1.82, 2.24) is 14.8 Å².